The van der Waals surface area contributed by atoms with Gasteiger partial charge in [0.05, 0.1) is 29.2 Å². The lowest BCUT2D eigenvalue weighted by Crippen LogP contribution is -2.38. The van der Waals surface area contributed by atoms with Crippen molar-refractivity contribution in [2.75, 3.05) is 0 Å². The van der Waals surface area contributed by atoms with Crippen LogP contribution in [0.3, 0.4) is 0 Å². The van der Waals surface area contributed by atoms with E-state index in [1.165, 1.54) is 28.8 Å². The third-order valence-electron chi connectivity index (χ3n) is 6.84. The first-order chi connectivity index (χ1) is 16.8. The number of rotatable bonds is 6. The zero-order valence-corrected chi connectivity index (χ0v) is 19.5. The van der Waals surface area contributed by atoms with Crippen LogP contribution in [0.15, 0.2) is 57.8 Å². The SMILES string of the molecule is Cc1cc(Cn2c(C)c(C(=O)N[C@H](c3cccc(F)c3)C3CCC3)c3cccc(F)c3c2=O)on1. The van der Waals surface area contributed by atoms with Gasteiger partial charge < -0.3 is 14.4 Å². The molecule has 2 aromatic carbocycles. The summed E-state index contributed by atoms with van der Waals surface area (Å²) in [4.78, 5) is 27.0. The van der Waals surface area contributed by atoms with Crippen LogP contribution in [0.1, 0.15) is 58.4 Å². The molecule has 0 spiro atoms. The second-order valence-electron chi connectivity index (χ2n) is 9.15. The molecule has 1 saturated carbocycles. The molecule has 0 bridgehead atoms. The molecule has 1 N–H and O–H groups in total. The van der Waals surface area contributed by atoms with Crippen molar-refractivity contribution in [3.05, 3.63) is 98.8 Å². The minimum atomic E-state index is -0.704. The monoisotopic (exact) mass is 477 g/mol. The number of aryl methyl sites for hydroxylation is 1. The lowest BCUT2D eigenvalue weighted by atomic mass is 9.77. The predicted octanol–water partition coefficient (Wildman–Crippen LogP) is 5.20. The first kappa shape index (κ1) is 23.0. The molecule has 8 heteroatoms. The molecular formula is C27H25F2N3O3. The van der Waals surface area contributed by atoms with Crippen molar-refractivity contribution in [3.63, 3.8) is 0 Å². The summed E-state index contributed by atoms with van der Waals surface area (Å²) in [6, 6.07) is 11.8. The summed E-state index contributed by atoms with van der Waals surface area (Å²) >= 11 is 0. The molecule has 0 saturated heterocycles. The van der Waals surface area contributed by atoms with E-state index in [1.807, 2.05) is 0 Å². The Morgan fingerprint density at radius 2 is 1.94 bits per heavy atom. The van der Waals surface area contributed by atoms with E-state index in [0.29, 0.717) is 22.7 Å². The van der Waals surface area contributed by atoms with Crippen LogP contribution in [-0.4, -0.2) is 15.6 Å². The summed E-state index contributed by atoms with van der Waals surface area (Å²) in [5.74, 6) is -0.929. The molecule has 1 aliphatic carbocycles. The van der Waals surface area contributed by atoms with E-state index in [2.05, 4.69) is 10.5 Å². The molecule has 0 unspecified atom stereocenters. The van der Waals surface area contributed by atoms with Crippen molar-refractivity contribution in [1.29, 1.82) is 0 Å². The fraction of sp³-hybridized carbons (Fsp3) is 0.296. The number of fused-ring (bicyclic) bond motifs is 1. The van der Waals surface area contributed by atoms with Gasteiger partial charge in [0.2, 0.25) is 0 Å². The average Bonchev–Trinajstić information content (AvgIpc) is 3.19. The molecular weight excluding hydrogens is 452 g/mol. The minimum absolute atomic E-state index is 0.00596. The number of aromatic nitrogens is 2. The van der Waals surface area contributed by atoms with Crippen molar-refractivity contribution in [2.24, 2.45) is 5.92 Å². The normalized spacial score (nSPS) is 14.6. The Morgan fingerprint density at radius 3 is 2.60 bits per heavy atom. The van der Waals surface area contributed by atoms with E-state index in [4.69, 9.17) is 4.52 Å². The van der Waals surface area contributed by atoms with Crippen LogP contribution in [0, 0.1) is 31.4 Å². The van der Waals surface area contributed by atoms with E-state index in [0.717, 1.165) is 19.3 Å². The first-order valence-electron chi connectivity index (χ1n) is 11.6. The number of pyridine rings is 1. The summed E-state index contributed by atoms with van der Waals surface area (Å²) in [6.07, 6.45) is 2.88. The predicted molar refractivity (Wildman–Crippen MR) is 127 cm³/mol. The first-order valence-corrected chi connectivity index (χ1v) is 11.6. The standard InChI is InChI=1S/C27H25F2N3O3/c1-15-12-20(35-31-15)14-32-16(2)23(21-10-5-11-22(29)24(21)27(32)34)26(33)30-25(17-6-3-7-17)18-8-4-9-19(28)13-18/h4-5,8-13,17,25H,3,6-7,14H2,1-2H3,(H,30,33)/t25-/m0/s1. The maximum Gasteiger partial charge on any atom is 0.262 e. The summed E-state index contributed by atoms with van der Waals surface area (Å²) in [7, 11) is 0. The van der Waals surface area contributed by atoms with Crippen molar-refractivity contribution in [3.8, 4) is 0 Å². The van der Waals surface area contributed by atoms with Gasteiger partial charge in [-0.2, -0.15) is 0 Å². The van der Waals surface area contributed by atoms with E-state index >= 15 is 0 Å². The summed E-state index contributed by atoms with van der Waals surface area (Å²) in [6.45, 7) is 3.42. The Balaban J connectivity index is 1.62. The molecule has 1 fully saturated rings. The molecule has 4 aromatic rings. The highest BCUT2D eigenvalue weighted by Crippen LogP contribution is 2.38. The average molecular weight is 478 g/mol. The van der Waals surface area contributed by atoms with Crippen LogP contribution >= 0.6 is 0 Å². The zero-order valence-electron chi connectivity index (χ0n) is 19.5. The molecule has 1 atom stereocenters. The van der Waals surface area contributed by atoms with Crippen LogP contribution in [0.25, 0.3) is 10.8 Å². The number of nitrogens with zero attached hydrogens (tertiary/aromatic N) is 2. The maximum atomic E-state index is 14.9. The Morgan fingerprint density at radius 1 is 1.17 bits per heavy atom. The van der Waals surface area contributed by atoms with Crippen LogP contribution in [-0.2, 0) is 6.54 Å². The van der Waals surface area contributed by atoms with E-state index in [1.54, 1.807) is 38.1 Å². The smallest absolute Gasteiger partial charge is 0.262 e. The van der Waals surface area contributed by atoms with Crippen LogP contribution < -0.4 is 10.9 Å². The van der Waals surface area contributed by atoms with Gasteiger partial charge in [0.1, 0.15) is 11.6 Å². The molecule has 2 aromatic heterocycles. The van der Waals surface area contributed by atoms with Crippen molar-refractivity contribution < 1.29 is 18.1 Å². The van der Waals surface area contributed by atoms with Gasteiger partial charge >= 0.3 is 0 Å². The topological polar surface area (TPSA) is 77.1 Å². The van der Waals surface area contributed by atoms with Gasteiger partial charge in [-0.3, -0.25) is 9.59 Å². The number of benzene rings is 2. The molecule has 180 valence electrons. The fourth-order valence-corrected chi connectivity index (χ4v) is 4.85. The van der Waals surface area contributed by atoms with Gasteiger partial charge in [0.15, 0.2) is 5.76 Å². The lowest BCUT2D eigenvalue weighted by molar-refractivity contribution is 0.0900. The number of hydrogen-bond acceptors (Lipinski definition) is 4. The largest absolute Gasteiger partial charge is 0.359 e. The third-order valence-corrected chi connectivity index (χ3v) is 6.84. The highest BCUT2D eigenvalue weighted by atomic mass is 19.1. The van der Waals surface area contributed by atoms with E-state index in [9.17, 15) is 18.4 Å². The van der Waals surface area contributed by atoms with Crippen LogP contribution in [0.5, 0.6) is 0 Å². The van der Waals surface area contributed by atoms with Gasteiger partial charge in [-0.15, -0.1) is 0 Å². The molecule has 2 heterocycles. The van der Waals surface area contributed by atoms with E-state index < -0.39 is 23.3 Å². The van der Waals surface area contributed by atoms with Crippen LogP contribution in [0.2, 0.25) is 0 Å². The highest BCUT2D eigenvalue weighted by molar-refractivity contribution is 6.08. The number of carbonyl (C=O) groups is 1. The molecule has 0 aliphatic heterocycles. The number of amides is 1. The second kappa shape index (κ2) is 9.09. The lowest BCUT2D eigenvalue weighted by Gasteiger charge is -2.35. The number of hydrogen-bond donors (Lipinski definition) is 1. The van der Waals surface area contributed by atoms with Gasteiger partial charge in [0.25, 0.3) is 11.5 Å². The Kier molecular flexibility index (Phi) is 5.96. The molecule has 1 aliphatic rings. The fourth-order valence-electron chi connectivity index (χ4n) is 4.85. The van der Waals surface area contributed by atoms with Gasteiger partial charge in [-0.25, -0.2) is 8.78 Å². The molecule has 1 amide bonds. The number of carbonyl (C=O) groups excluding carboxylic acids is 1. The number of nitrogens with one attached hydrogen (secondary N) is 1. The third kappa shape index (κ3) is 4.24. The van der Waals surface area contributed by atoms with Gasteiger partial charge in [-0.05, 0) is 56.4 Å². The highest BCUT2D eigenvalue weighted by Gasteiger charge is 2.32. The molecule has 6 nitrogen and oxygen atoms in total. The van der Waals surface area contributed by atoms with E-state index in [-0.39, 0.29) is 34.6 Å². The second-order valence-corrected chi connectivity index (χ2v) is 9.15. The summed E-state index contributed by atoms with van der Waals surface area (Å²) in [5.41, 5.74) is 1.36. The van der Waals surface area contributed by atoms with Gasteiger partial charge in [-0.1, -0.05) is 35.8 Å². The van der Waals surface area contributed by atoms with Crippen LogP contribution in [0.4, 0.5) is 8.78 Å². The quantitative estimate of drug-likeness (QED) is 0.414. The number of halogens is 2. The van der Waals surface area contributed by atoms with Crippen molar-refractivity contribution in [2.45, 2.75) is 45.7 Å². The Labute approximate surface area is 200 Å². The molecule has 0 radical (unpaired) electrons. The Hall–Kier alpha value is -3.81. The Bertz CT molecular complexity index is 1490. The van der Waals surface area contributed by atoms with Gasteiger partial charge in [0, 0.05) is 17.1 Å². The summed E-state index contributed by atoms with van der Waals surface area (Å²) in [5, 5.41) is 6.99. The summed E-state index contributed by atoms with van der Waals surface area (Å²) < 4.78 is 35.5. The molecule has 35 heavy (non-hydrogen) atoms. The molecule has 5 rings (SSSR count). The van der Waals surface area contributed by atoms with Crippen molar-refractivity contribution in [1.82, 2.24) is 15.0 Å². The zero-order chi connectivity index (χ0) is 24.7. The minimum Gasteiger partial charge on any atom is -0.359 e. The maximum absolute atomic E-state index is 14.9. The van der Waals surface area contributed by atoms with Crippen molar-refractivity contribution >= 4 is 16.7 Å².